The Labute approximate surface area is 174 Å². The van der Waals surface area contributed by atoms with E-state index >= 15 is 0 Å². The number of rotatable bonds is 5. The van der Waals surface area contributed by atoms with Gasteiger partial charge in [-0.2, -0.15) is 0 Å². The first-order valence-electron chi connectivity index (χ1n) is 8.95. The summed E-state index contributed by atoms with van der Waals surface area (Å²) < 4.78 is 31.4. The molecule has 3 rings (SSSR count). The highest BCUT2D eigenvalue weighted by Gasteiger charge is 2.29. The van der Waals surface area contributed by atoms with Crippen molar-refractivity contribution in [3.63, 3.8) is 0 Å². The maximum absolute atomic E-state index is 13.1. The van der Waals surface area contributed by atoms with Gasteiger partial charge in [-0.05, 0) is 50.1 Å². The summed E-state index contributed by atoms with van der Waals surface area (Å²) in [4.78, 5) is 23.9. The number of sulfone groups is 1. The highest BCUT2D eigenvalue weighted by atomic mass is 35.5. The van der Waals surface area contributed by atoms with E-state index in [2.05, 4.69) is 10.6 Å². The second-order valence-electron chi connectivity index (χ2n) is 7.04. The van der Waals surface area contributed by atoms with Crippen LogP contribution < -0.4 is 15.4 Å². The van der Waals surface area contributed by atoms with Crippen LogP contribution in [0.2, 0.25) is 5.02 Å². The molecule has 0 spiro atoms. The van der Waals surface area contributed by atoms with Gasteiger partial charge in [0, 0.05) is 12.5 Å². The van der Waals surface area contributed by atoms with Gasteiger partial charge in [0.1, 0.15) is 5.75 Å². The standard InChI is InChI=1S/C20H21ClN2O5S/c1-11-4-5-15(14(21)6-11)22-19(24)8-13(3)29(26,27)18-9-17-16(7-12(18)2)23-20(25)10-28-17/h4-7,9,13H,8,10H2,1-3H3,(H,22,24)(H,23,25)/t13-/m0/s1. The molecule has 0 fully saturated rings. The molecule has 1 aliphatic heterocycles. The fraction of sp³-hybridized carbons (Fsp3) is 0.300. The normalized spacial score (nSPS) is 14.4. The third-order valence-corrected chi connectivity index (χ3v) is 7.21. The number of ether oxygens (including phenoxy) is 1. The molecule has 0 saturated carbocycles. The zero-order valence-electron chi connectivity index (χ0n) is 16.2. The van der Waals surface area contributed by atoms with Gasteiger partial charge >= 0.3 is 0 Å². The third kappa shape index (κ3) is 4.54. The summed E-state index contributed by atoms with van der Waals surface area (Å²) >= 11 is 6.12. The second kappa shape index (κ2) is 8.04. The van der Waals surface area contributed by atoms with E-state index in [1.165, 1.54) is 13.0 Å². The Hall–Kier alpha value is -2.58. The molecule has 0 aliphatic carbocycles. The number of nitrogens with one attached hydrogen (secondary N) is 2. The summed E-state index contributed by atoms with van der Waals surface area (Å²) in [6.45, 7) is 4.81. The lowest BCUT2D eigenvalue weighted by molar-refractivity contribution is -0.118. The fourth-order valence-corrected chi connectivity index (χ4v) is 4.90. The van der Waals surface area contributed by atoms with Gasteiger partial charge < -0.3 is 15.4 Å². The van der Waals surface area contributed by atoms with Crippen LogP contribution in [0.25, 0.3) is 0 Å². The number of benzene rings is 2. The SMILES string of the molecule is Cc1ccc(NC(=O)C[C@H](C)S(=O)(=O)c2cc3c(cc2C)NC(=O)CO3)c(Cl)c1. The molecule has 2 aromatic carbocycles. The van der Waals surface area contributed by atoms with E-state index in [9.17, 15) is 18.0 Å². The van der Waals surface area contributed by atoms with E-state index in [0.717, 1.165) is 5.56 Å². The molecular weight excluding hydrogens is 416 g/mol. The van der Waals surface area contributed by atoms with Crippen LogP contribution >= 0.6 is 11.6 Å². The summed E-state index contributed by atoms with van der Waals surface area (Å²) in [7, 11) is -3.81. The number of aryl methyl sites for hydroxylation is 2. The number of hydrogen-bond acceptors (Lipinski definition) is 5. The fourth-order valence-electron chi connectivity index (χ4n) is 3.03. The molecule has 1 heterocycles. The van der Waals surface area contributed by atoms with Crippen molar-refractivity contribution in [2.75, 3.05) is 17.2 Å². The molecule has 2 N–H and O–H groups in total. The quantitative estimate of drug-likeness (QED) is 0.747. The predicted octanol–water partition coefficient (Wildman–Crippen LogP) is 3.48. The van der Waals surface area contributed by atoms with Crippen LogP contribution in [0.3, 0.4) is 0 Å². The first kappa shape index (κ1) is 21.1. The zero-order chi connectivity index (χ0) is 21.3. The van der Waals surface area contributed by atoms with E-state index < -0.39 is 21.0 Å². The molecule has 0 bridgehead atoms. The molecule has 2 aromatic rings. The van der Waals surface area contributed by atoms with E-state index in [1.807, 2.05) is 6.92 Å². The molecule has 7 nitrogen and oxygen atoms in total. The van der Waals surface area contributed by atoms with Crippen molar-refractivity contribution >= 4 is 44.6 Å². The number of carbonyl (C=O) groups excluding carboxylic acids is 2. The zero-order valence-corrected chi connectivity index (χ0v) is 17.8. The molecule has 1 atom stereocenters. The van der Waals surface area contributed by atoms with Crippen LogP contribution in [0, 0.1) is 13.8 Å². The van der Waals surface area contributed by atoms with Crippen LogP contribution in [-0.4, -0.2) is 32.1 Å². The van der Waals surface area contributed by atoms with Gasteiger partial charge in [0.15, 0.2) is 16.4 Å². The van der Waals surface area contributed by atoms with Gasteiger partial charge in [-0.15, -0.1) is 0 Å². The summed E-state index contributed by atoms with van der Waals surface area (Å²) in [5.74, 6) is -0.463. The summed E-state index contributed by atoms with van der Waals surface area (Å²) in [5.41, 5.74) is 2.27. The lowest BCUT2D eigenvalue weighted by atomic mass is 10.2. The molecule has 1 aliphatic rings. The molecule has 0 radical (unpaired) electrons. The van der Waals surface area contributed by atoms with Gasteiger partial charge in [-0.3, -0.25) is 9.59 Å². The number of fused-ring (bicyclic) bond motifs is 1. The molecule has 0 unspecified atom stereocenters. The molecule has 9 heteroatoms. The van der Waals surface area contributed by atoms with Gasteiger partial charge in [0.2, 0.25) is 5.91 Å². The Bertz CT molecular complexity index is 1100. The van der Waals surface area contributed by atoms with E-state index in [1.54, 1.807) is 31.2 Å². The number of halogens is 1. The van der Waals surface area contributed by atoms with Crippen LogP contribution in [0.4, 0.5) is 11.4 Å². The lowest BCUT2D eigenvalue weighted by Gasteiger charge is -2.21. The van der Waals surface area contributed by atoms with Crippen molar-refractivity contribution in [3.8, 4) is 5.75 Å². The monoisotopic (exact) mass is 436 g/mol. The average Bonchev–Trinajstić information content (AvgIpc) is 2.63. The average molecular weight is 437 g/mol. The maximum atomic E-state index is 13.1. The van der Waals surface area contributed by atoms with Crippen molar-refractivity contribution in [3.05, 3.63) is 46.5 Å². The molecule has 2 amide bonds. The number of anilines is 2. The van der Waals surface area contributed by atoms with Crippen LogP contribution in [0.15, 0.2) is 35.2 Å². The Kier molecular flexibility index (Phi) is 5.86. The van der Waals surface area contributed by atoms with Gasteiger partial charge in [0.05, 0.1) is 26.5 Å². The minimum atomic E-state index is -3.81. The van der Waals surface area contributed by atoms with Crippen molar-refractivity contribution in [1.82, 2.24) is 0 Å². The number of amides is 2. The Morgan fingerprint density at radius 3 is 2.69 bits per heavy atom. The Morgan fingerprint density at radius 1 is 1.28 bits per heavy atom. The minimum absolute atomic E-state index is 0.0704. The van der Waals surface area contributed by atoms with E-state index in [-0.39, 0.29) is 29.6 Å². The maximum Gasteiger partial charge on any atom is 0.262 e. The number of carbonyl (C=O) groups is 2. The Morgan fingerprint density at radius 2 is 2.00 bits per heavy atom. The van der Waals surface area contributed by atoms with Crippen molar-refractivity contribution in [2.45, 2.75) is 37.3 Å². The Balaban J connectivity index is 1.78. The molecule has 29 heavy (non-hydrogen) atoms. The third-order valence-electron chi connectivity index (χ3n) is 4.62. The first-order valence-corrected chi connectivity index (χ1v) is 10.9. The van der Waals surface area contributed by atoms with Crippen LogP contribution in [0.5, 0.6) is 5.75 Å². The first-order chi connectivity index (χ1) is 13.6. The molecule has 0 aromatic heterocycles. The van der Waals surface area contributed by atoms with Gasteiger partial charge in [-0.1, -0.05) is 17.7 Å². The predicted molar refractivity (Wildman–Crippen MR) is 111 cm³/mol. The van der Waals surface area contributed by atoms with Gasteiger partial charge in [0.25, 0.3) is 5.91 Å². The van der Waals surface area contributed by atoms with Crippen LogP contribution in [-0.2, 0) is 19.4 Å². The molecular formula is C20H21ClN2O5S. The largest absolute Gasteiger partial charge is 0.482 e. The van der Waals surface area contributed by atoms with E-state index in [0.29, 0.717) is 22.0 Å². The number of hydrogen-bond donors (Lipinski definition) is 2. The summed E-state index contributed by atoms with van der Waals surface area (Å²) in [6.07, 6.45) is -0.235. The summed E-state index contributed by atoms with van der Waals surface area (Å²) in [5, 5.41) is 4.71. The van der Waals surface area contributed by atoms with Gasteiger partial charge in [-0.25, -0.2) is 8.42 Å². The molecule has 154 valence electrons. The smallest absolute Gasteiger partial charge is 0.262 e. The van der Waals surface area contributed by atoms with Crippen molar-refractivity contribution in [2.24, 2.45) is 0 Å². The lowest BCUT2D eigenvalue weighted by Crippen LogP contribution is -2.27. The highest BCUT2D eigenvalue weighted by Crippen LogP contribution is 2.34. The summed E-state index contributed by atoms with van der Waals surface area (Å²) in [6, 6.07) is 8.14. The minimum Gasteiger partial charge on any atom is -0.482 e. The van der Waals surface area contributed by atoms with Crippen LogP contribution in [0.1, 0.15) is 24.5 Å². The highest BCUT2D eigenvalue weighted by molar-refractivity contribution is 7.92. The topological polar surface area (TPSA) is 102 Å². The van der Waals surface area contributed by atoms with Crippen molar-refractivity contribution < 1.29 is 22.7 Å². The van der Waals surface area contributed by atoms with Crippen molar-refractivity contribution in [1.29, 1.82) is 0 Å². The second-order valence-corrected chi connectivity index (χ2v) is 9.78. The van der Waals surface area contributed by atoms with E-state index in [4.69, 9.17) is 16.3 Å². The molecule has 0 saturated heterocycles.